The number of pyridine rings is 1. The first-order valence-electron chi connectivity index (χ1n) is 5.66. The summed E-state index contributed by atoms with van der Waals surface area (Å²) < 4.78 is 37.8. The predicted octanol–water partition coefficient (Wildman–Crippen LogP) is 4.25. The summed E-state index contributed by atoms with van der Waals surface area (Å²) in [6, 6.07) is 13.7. The molecule has 0 spiro atoms. The monoisotopic (exact) mass is 262 g/mol. The van der Waals surface area contributed by atoms with Gasteiger partial charge in [0.05, 0.1) is 5.69 Å². The van der Waals surface area contributed by atoms with Gasteiger partial charge in [-0.1, -0.05) is 30.3 Å². The Morgan fingerprint density at radius 3 is 2.37 bits per heavy atom. The first-order chi connectivity index (χ1) is 9.04. The molecule has 3 rings (SSSR count). The highest BCUT2D eigenvalue weighted by molar-refractivity contribution is 5.80. The average molecular weight is 262 g/mol. The highest BCUT2D eigenvalue weighted by Gasteiger charge is 2.32. The van der Waals surface area contributed by atoms with Crippen molar-refractivity contribution in [3.63, 3.8) is 0 Å². The van der Waals surface area contributed by atoms with Crippen molar-refractivity contribution in [1.82, 2.24) is 9.97 Å². The third kappa shape index (κ3) is 2.19. The molecule has 0 aliphatic rings. The van der Waals surface area contributed by atoms with E-state index in [2.05, 4.69) is 9.97 Å². The first kappa shape index (κ1) is 11.8. The standard InChI is InChI=1S/C14H9F3N2/c15-14(16,17)12-8-10-6-7-11(18-13(10)19-12)9-4-2-1-3-5-9/h1-8H,(H,18,19). The minimum absolute atomic E-state index is 0.244. The van der Waals surface area contributed by atoms with Gasteiger partial charge in [-0.3, -0.25) is 0 Å². The Bertz CT molecular complexity index is 714. The fourth-order valence-corrected chi connectivity index (χ4v) is 1.93. The van der Waals surface area contributed by atoms with Crippen molar-refractivity contribution in [2.45, 2.75) is 6.18 Å². The van der Waals surface area contributed by atoms with Crippen molar-refractivity contribution in [3.05, 3.63) is 54.2 Å². The van der Waals surface area contributed by atoms with Crippen molar-refractivity contribution < 1.29 is 13.2 Å². The molecule has 0 aliphatic heterocycles. The van der Waals surface area contributed by atoms with Crippen LogP contribution in [-0.4, -0.2) is 9.97 Å². The number of benzene rings is 1. The lowest BCUT2D eigenvalue weighted by molar-refractivity contribution is -0.140. The highest BCUT2D eigenvalue weighted by Crippen LogP contribution is 2.31. The van der Waals surface area contributed by atoms with Crippen LogP contribution in [0.1, 0.15) is 5.69 Å². The summed E-state index contributed by atoms with van der Waals surface area (Å²) in [5.41, 5.74) is 0.977. The average Bonchev–Trinajstić information content (AvgIpc) is 2.82. The van der Waals surface area contributed by atoms with E-state index >= 15 is 0 Å². The van der Waals surface area contributed by atoms with Crippen LogP contribution in [0.25, 0.3) is 22.3 Å². The summed E-state index contributed by atoms with van der Waals surface area (Å²) in [5.74, 6) is 0. The predicted molar refractivity (Wildman–Crippen MR) is 66.5 cm³/mol. The fourth-order valence-electron chi connectivity index (χ4n) is 1.93. The molecule has 3 aromatic rings. The van der Waals surface area contributed by atoms with E-state index in [0.29, 0.717) is 11.1 Å². The third-order valence-electron chi connectivity index (χ3n) is 2.85. The first-order valence-corrected chi connectivity index (χ1v) is 5.66. The van der Waals surface area contributed by atoms with E-state index in [-0.39, 0.29) is 5.65 Å². The molecule has 0 bridgehead atoms. The van der Waals surface area contributed by atoms with Crippen LogP contribution in [0.2, 0.25) is 0 Å². The molecule has 96 valence electrons. The summed E-state index contributed by atoms with van der Waals surface area (Å²) in [6.45, 7) is 0. The lowest BCUT2D eigenvalue weighted by Gasteiger charge is -2.01. The van der Waals surface area contributed by atoms with Gasteiger partial charge >= 0.3 is 6.18 Å². The number of fused-ring (bicyclic) bond motifs is 1. The summed E-state index contributed by atoms with van der Waals surface area (Å²) in [5, 5.41) is 0.451. The summed E-state index contributed by atoms with van der Waals surface area (Å²) in [6.07, 6.45) is -4.38. The second-order valence-electron chi connectivity index (χ2n) is 4.18. The van der Waals surface area contributed by atoms with E-state index in [9.17, 15) is 13.2 Å². The Hall–Kier alpha value is -2.30. The summed E-state index contributed by atoms with van der Waals surface area (Å²) in [4.78, 5) is 6.53. The lowest BCUT2D eigenvalue weighted by Crippen LogP contribution is -2.04. The van der Waals surface area contributed by atoms with E-state index in [1.165, 1.54) is 0 Å². The topological polar surface area (TPSA) is 28.7 Å². The van der Waals surface area contributed by atoms with Gasteiger partial charge in [0.15, 0.2) is 0 Å². The molecule has 0 saturated carbocycles. The normalized spacial score (nSPS) is 11.9. The van der Waals surface area contributed by atoms with Crippen LogP contribution in [0.15, 0.2) is 48.5 Å². The smallest absolute Gasteiger partial charge is 0.336 e. The number of halogens is 3. The summed E-state index contributed by atoms with van der Waals surface area (Å²) in [7, 11) is 0. The van der Waals surface area contributed by atoms with Crippen molar-refractivity contribution in [1.29, 1.82) is 0 Å². The number of hydrogen-bond donors (Lipinski definition) is 1. The van der Waals surface area contributed by atoms with Crippen LogP contribution >= 0.6 is 0 Å². The van der Waals surface area contributed by atoms with Crippen molar-refractivity contribution >= 4 is 11.0 Å². The molecule has 2 aromatic heterocycles. The Balaban J connectivity index is 2.11. The van der Waals surface area contributed by atoms with Crippen LogP contribution < -0.4 is 0 Å². The third-order valence-corrected chi connectivity index (χ3v) is 2.85. The molecule has 0 radical (unpaired) electrons. The van der Waals surface area contributed by atoms with Gasteiger partial charge in [0.1, 0.15) is 11.3 Å². The number of nitrogens with one attached hydrogen (secondary N) is 1. The largest absolute Gasteiger partial charge is 0.431 e. The Morgan fingerprint density at radius 2 is 1.68 bits per heavy atom. The van der Waals surface area contributed by atoms with Crippen LogP contribution in [0.5, 0.6) is 0 Å². The minimum atomic E-state index is -4.38. The molecule has 1 aromatic carbocycles. The molecule has 1 N–H and O–H groups in total. The molecule has 0 unspecified atom stereocenters. The van der Waals surface area contributed by atoms with Gasteiger partial charge in [0.25, 0.3) is 0 Å². The van der Waals surface area contributed by atoms with E-state index in [4.69, 9.17) is 0 Å². The number of H-pyrrole nitrogens is 1. The molecule has 0 fully saturated rings. The number of rotatable bonds is 1. The number of aromatic amines is 1. The molecule has 0 atom stereocenters. The van der Waals surface area contributed by atoms with Crippen molar-refractivity contribution in [3.8, 4) is 11.3 Å². The molecule has 2 heterocycles. The SMILES string of the molecule is FC(F)(F)c1cc2ccc(-c3ccccc3)nc2[nH]1. The molecule has 2 nitrogen and oxygen atoms in total. The molecule has 5 heteroatoms. The van der Waals surface area contributed by atoms with Gasteiger partial charge in [-0.15, -0.1) is 0 Å². The van der Waals surface area contributed by atoms with Gasteiger partial charge in [0, 0.05) is 10.9 Å². The van der Waals surface area contributed by atoms with Gasteiger partial charge < -0.3 is 4.98 Å². The van der Waals surface area contributed by atoms with Gasteiger partial charge in [-0.25, -0.2) is 4.98 Å². The molecule has 0 aliphatic carbocycles. The Labute approximate surface area is 106 Å². The zero-order valence-corrected chi connectivity index (χ0v) is 9.70. The second-order valence-corrected chi connectivity index (χ2v) is 4.18. The van der Waals surface area contributed by atoms with Crippen molar-refractivity contribution in [2.75, 3.05) is 0 Å². The molecular weight excluding hydrogens is 253 g/mol. The fraction of sp³-hybridized carbons (Fsp3) is 0.0714. The van der Waals surface area contributed by atoms with Crippen LogP contribution in [0.3, 0.4) is 0 Å². The van der Waals surface area contributed by atoms with E-state index < -0.39 is 11.9 Å². The highest BCUT2D eigenvalue weighted by atomic mass is 19.4. The molecule has 0 saturated heterocycles. The van der Waals surface area contributed by atoms with Crippen LogP contribution in [0.4, 0.5) is 13.2 Å². The van der Waals surface area contributed by atoms with Gasteiger partial charge in [0.2, 0.25) is 0 Å². The zero-order valence-electron chi connectivity index (χ0n) is 9.70. The van der Waals surface area contributed by atoms with Gasteiger partial charge in [-0.05, 0) is 18.2 Å². The van der Waals surface area contributed by atoms with Crippen LogP contribution in [0, 0.1) is 0 Å². The van der Waals surface area contributed by atoms with E-state index in [1.807, 2.05) is 30.3 Å². The Morgan fingerprint density at radius 1 is 0.947 bits per heavy atom. The van der Waals surface area contributed by atoms with Crippen LogP contribution in [-0.2, 0) is 6.18 Å². The Kier molecular flexibility index (Phi) is 2.55. The number of alkyl halides is 3. The molecule has 0 amide bonds. The number of hydrogen-bond acceptors (Lipinski definition) is 1. The second kappa shape index (κ2) is 4.12. The maximum absolute atomic E-state index is 12.6. The van der Waals surface area contributed by atoms with Gasteiger partial charge in [-0.2, -0.15) is 13.2 Å². The zero-order chi connectivity index (χ0) is 13.5. The lowest BCUT2D eigenvalue weighted by atomic mass is 10.1. The summed E-state index contributed by atoms with van der Waals surface area (Å²) >= 11 is 0. The quantitative estimate of drug-likeness (QED) is 0.697. The van der Waals surface area contributed by atoms with Crippen molar-refractivity contribution in [2.24, 2.45) is 0 Å². The maximum atomic E-state index is 12.6. The maximum Gasteiger partial charge on any atom is 0.431 e. The molecule has 19 heavy (non-hydrogen) atoms. The molecular formula is C14H9F3N2. The number of nitrogens with zero attached hydrogens (tertiary/aromatic N) is 1. The van der Waals surface area contributed by atoms with E-state index in [1.54, 1.807) is 12.1 Å². The minimum Gasteiger partial charge on any atom is -0.336 e. The number of aromatic nitrogens is 2. The van der Waals surface area contributed by atoms with E-state index in [0.717, 1.165) is 11.6 Å².